The maximum absolute atomic E-state index is 11.0. The van der Waals surface area contributed by atoms with E-state index in [1.54, 1.807) is 6.92 Å². The zero-order chi connectivity index (χ0) is 12.0. The van der Waals surface area contributed by atoms with Gasteiger partial charge in [-0.05, 0) is 19.1 Å². The molecule has 0 saturated carbocycles. The Morgan fingerprint density at radius 2 is 2.12 bits per heavy atom. The van der Waals surface area contributed by atoms with Gasteiger partial charge in [0.2, 0.25) is 0 Å². The lowest BCUT2D eigenvalue weighted by molar-refractivity contribution is -0.145. The van der Waals surface area contributed by atoms with Crippen molar-refractivity contribution in [3.63, 3.8) is 0 Å². The van der Waals surface area contributed by atoms with Gasteiger partial charge >= 0.3 is 5.97 Å². The molecule has 1 atom stereocenters. The van der Waals surface area contributed by atoms with E-state index in [0.29, 0.717) is 13.0 Å². The van der Waals surface area contributed by atoms with Crippen LogP contribution in [0.1, 0.15) is 13.3 Å². The second-order valence-corrected chi connectivity index (χ2v) is 3.84. The van der Waals surface area contributed by atoms with Crippen LogP contribution in [0.4, 0.5) is 0 Å². The molecule has 1 N–H and O–H groups in total. The monoisotopic (exact) mass is 220 g/mol. The highest BCUT2D eigenvalue weighted by Crippen LogP contribution is 2.23. The van der Waals surface area contributed by atoms with E-state index in [0.717, 1.165) is 5.75 Å². The highest BCUT2D eigenvalue weighted by Gasteiger charge is 2.29. The van der Waals surface area contributed by atoms with Crippen molar-refractivity contribution < 1.29 is 14.6 Å². The van der Waals surface area contributed by atoms with Gasteiger partial charge in [-0.3, -0.25) is 4.79 Å². The lowest BCUT2D eigenvalue weighted by Gasteiger charge is -2.20. The van der Waals surface area contributed by atoms with Crippen LogP contribution in [0, 0.1) is 5.41 Å². The Morgan fingerprint density at radius 1 is 1.50 bits per heavy atom. The van der Waals surface area contributed by atoms with E-state index in [1.165, 1.54) is 6.08 Å². The third-order valence-electron chi connectivity index (χ3n) is 2.57. The molecule has 0 aliphatic heterocycles. The van der Waals surface area contributed by atoms with Gasteiger partial charge in [0, 0.05) is 6.42 Å². The molecule has 3 heteroatoms. The Hall–Kier alpha value is -1.77. The molecular formula is C13H16O3. The first-order chi connectivity index (χ1) is 7.58. The number of hydrogen-bond acceptors (Lipinski definition) is 2. The second kappa shape index (κ2) is 5.35. The van der Waals surface area contributed by atoms with Crippen molar-refractivity contribution in [2.75, 3.05) is 6.61 Å². The molecule has 0 fully saturated rings. The first-order valence-electron chi connectivity index (χ1n) is 5.13. The molecule has 0 radical (unpaired) electrons. The molecule has 0 spiro atoms. The minimum Gasteiger partial charge on any atom is -0.494 e. The number of ether oxygens (including phenoxy) is 1. The Bertz CT molecular complexity index is 359. The van der Waals surface area contributed by atoms with Crippen LogP contribution < -0.4 is 4.74 Å². The number of carbonyl (C=O) groups is 1. The molecular weight excluding hydrogens is 204 g/mol. The summed E-state index contributed by atoms with van der Waals surface area (Å²) in [6.45, 7) is 5.54. The number of hydrogen-bond donors (Lipinski definition) is 1. The molecule has 0 aliphatic carbocycles. The van der Waals surface area contributed by atoms with E-state index < -0.39 is 11.4 Å². The Balaban J connectivity index is 2.46. The average Bonchev–Trinajstić information content (AvgIpc) is 2.30. The number of benzene rings is 1. The van der Waals surface area contributed by atoms with Gasteiger partial charge in [-0.2, -0.15) is 0 Å². The molecule has 0 amide bonds. The van der Waals surface area contributed by atoms with E-state index >= 15 is 0 Å². The largest absolute Gasteiger partial charge is 0.494 e. The summed E-state index contributed by atoms with van der Waals surface area (Å²) in [5.74, 6) is -0.126. The normalized spacial score (nSPS) is 13.8. The molecule has 0 heterocycles. The van der Waals surface area contributed by atoms with Crippen molar-refractivity contribution in [1.29, 1.82) is 0 Å². The van der Waals surface area contributed by atoms with Crippen molar-refractivity contribution in [1.82, 2.24) is 0 Å². The molecule has 0 aliphatic rings. The fourth-order valence-electron chi connectivity index (χ4n) is 1.19. The van der Waals surface area contributed by atoms with Crippen LogP contribution in [0.3, 0.4) is 0 Å². The first kappa shape index (κ1) is 12.3. The quantitative estimate of drug-likeness (QED) is 0.750. The molecule has 0 aromatic heterocycles. The highest BCUT2D eigenvalue weighted by atomic mass is 16.5. The number of carboxylic acids is 1. The summed E-state index contributed by atoms with van der Waals surface area (Å²) in [4.78, 5) is 11.0. The van der Waals surface area contributed by atoms with Crippen LogP contribution in [0.5, 0.6) is 5.75 Å². The summed E-state index contributed by atoms with van der Waals surface area (Å²) < 4.78 is 5.44. The van der Waals surface area contributed by atoms with Crippen LogP contribution >= 0.6 is 0 Å². The van der Waals surface area contributed by atoms with E-state index in [1.807, 2.05) is 30.3 Å². The zero-order valence-corrected chi connectivity index (χ0v) is 9.35. The summed E-state index contributed by atoms with van der Waals surface area (Å²) in [6, 6.07) is 9.33. The predicted octanol–water partition coefficient (Wildman–Crippen LogP) is 2.73. The van der Waals surface area contributed by atoms with E-state index in [-0.39, 0.29) is 0 Å². The van der Waals surface area contributed by atoms with Crippen LogP contribution in [-0.4, -0.2) is 17.7 Å². The van der Waals surface area contributed by atoms with Gasteiger partial charge in [0.05, 0.1) is 12.0 Å². The number of aliphatic carboxylic acids is 1. The second-order valence-electron chi connectivity index (χ2n) is 3.84. The lowest BCUT2D eigenvalue weighted by atomic mass is 9.88. The van der Waals surface area contributed by atoms with E-state index in [9.17, 15) is 4.79 Å². The fourth-order valence-corrected chi connectivity index (χ4v) is 1.19. The van der Waals surface area contributed by atoms with Crippen molar-refractivity contribution in [2.45, 2.75) is 13.3 Å². The third kappa shape index (κ3) is 3.12. The van der Waals surface area contributed by atoms with Gasteiger partial charge in [0.25, 0.3) is 0 Å². The van der Waals surface area contributed by atoms with Gasteiger partial charge in [-0.25, -0.2) is 0 Å². The van der Waals surface area contributed by atoms with Gasteiger partial charge in [0.15, 0.2) is 0 Å². The zero-order valence-electron chi connectivity index (χ0n) is 9.35. The smallest absolute Gasteiger partial charge is 0.313 e. The molecule has 0 bridgehead atoms. The summed E-state index contributed by atoms with van der Waals surface area (Å²) >= 11 is 0. The maximum atomic E-state index is 11.0. The molecule has 16 heavy (non-hydrogen) atoms. The van der Waals surface area contributed by atoms with Crippen molar-refractivity contribution in [3.05, 3.63) is 43.0 Å². The first-order valence-corrected chi connectivity index (χ1v) is 5.13. The topological polar surface area (TPSA) is 46.5 Å². The lowest BCUT2D eigenvalue weighted by Crippen LogP contribution is -2.27. The summed E-state index contributed by atoms with van der Waals surface area (Å²) in [5, 5.41) is 9.00. The maximum Gasteiger partial charge on any atom is 0.313 e. The molecule has 1 aromatic rings. The summed E-state index contributed by atoms with van der Waals surface area (Å²) in [5.41, 5.74) is -0.922. The van der Waals surface area contributed by atoms with Gasteiger partial charge < -0.3 is 9.84 Å². The van der Waals surface area contributed by atoms with Crippen molar-refractivity contribution in [2.24, 2.45) is 5.41 Å². The summed E-state index contributed by atoms with van der Waals surface area (Å²) in [6.07, 6.45) is 1.85. The minimum absolute atomic E-state index is 0.360. The van der Waals surface area contributed by atoms with Crippen LogP contribution in [0.15, 0.2) is 43.0 Å². The van der Waals surface area contributed by atoms with Crippen molar-refractivity contribution in [3.8, 4) is 5.75 Å². The standard InChI is InChI=1S/C13H16O3/c1-3-13(2,12(14)15)9-10-16-11-7-5-4-6-8-11/h3-8H,1,9-10H2,2H3,(H,14,15). The summed E-state index contributed by atoms with van der Waals surface area (Å²) in [7, 11) is 0. The van der Waals surface area contributed by atoms with Crippen molar-refractivity contribution >= 4 is 5.97 Å². The number of carboxylic acid groups (broad SMARTS) is 1. The van der Waals surface area contributed by atoms with E-state index in [2.05, 4.69) is 6.58 Å². The molecule has 0 saturated heterocycles. The highest BCUT2D eigenvalue weighted by molar-refractivity contribution is 5.76. The van der Waals surface area contributed by atoms with Crippen LogP contribution in [0.2, 0.25) is 0 Å². The van der Waals surface area contributed by atoms with Gasteiger partial charge in [-0.1, -0.05) is 24.3 Å². The third-order valence-corrected chi connectivity index (χ3v) is 2.57. The van der Waals surface area contributed by atoms with E-state index in [4.69, 9.17) is 9.84 Å². The van der Waals surface area contributed by atoms with Gasteiger partial charge in [-0.15, -0.1) is 6.58 Å². The molecule has 86 valence electrons. The molecule has 3 nitrogen and oxygen atoms in total. The number of para-hydroxylation sites is 1. The van der Waals surface area contributed by atoms with Gasteiger partial charge in [0.1, 0.15) is 5.75 Å². The SMILES string of the molecule is C=CC(C)(CCOc1ccccc1)C(=O)O. The molecule has 1 unspecified atom stereocenters. The number of rotatable bonds is 6. The minimum atomic E-state index is -0.922. The average molecular weight is 220 g/mol. The van der Waals surface area contributed by atoms with Crippen LogP contribution in [0.25, 0.3) is 0 Å². The Labute approximate surface area is 95.4 Å². The Kier molecular flexibility index (Phi) is 4.11. The fraction of sp³-hybridized carbons (Fsp3) is 0.308. The molecule has 1 aromatic carbocycles. The van der Waals surface area contributed by atoms with Crippen LogP contribution in [-0.2, 0) is 4.79 Å². The molecule has 1 rings (SSSR count). The Morgan fingerprint density at radius 3 is 2.62 bits per heavy atom. The predicted molar refractivity (Wildman–Crippen MR) is 62.5 cm³/mol.